The van der Waals surface area contributed by atoms with Crippen LogP contribution in [-0.4, -0.2) is 33.4 Å². The van der Waals surface area contributed by atoms with Gasteiger partial charge in [-0.25, -0.2) is 4.79 Å². The third kappa shape index (κ3) is 3.92. The summed E-state index contributed by atoms with van der Waals surface area (Å²) in [6, 6.07) is 15.6. The zero-order valence-corrected chi connectivity index (χ0v) is 21.9. The van der Waals surface area contributed by atoms with Gasteiger partial charge in [0.1, 0.15) is 6.07 Å². The summed E-state index contributed by atoms with van der Waals surface area (Å²) in [7, 11) is 1.91. The van der Waals surface area contributed by atoms with Crippen molar-refractivity contribution in [2.24, 2.45) is 13.0 Å². The lowest BCUT2D eigenvalue weighted by Crippen LogP contribution is -2.26. The fourth-order valence-corrected chi connectivity index (χ4v) is 5.48. The van der Waals surface area contributed by atoms with E-state index in [4.69, 9.17) is 16.7 Å². The number of hydrogen-bond donors (Lipinski definition) is 0. The van der Waals surface area contributed by atoms with Crippen LogP contribution in [0.5, 0.6) is 0 Å². The Morgan fingerprint density at radius 3 is 2.72 bits per heavy atom. The standard InChI is InChI=1S/C29H23ClN8O/c1-35-15-19(14-31)13-23(35)26-24-27(36-11-2-3-12-36)33-29(39)37(16-18-7-8-18)28(24)34-38(26)17-20-9-10-32-25-21(20)5-4-6-22(25)30/h2-6,9-13,15,18H,7-8,16-17H2,1H3. The number of hydrogen-bond acceptors (Lipinski definition) is 5. The zero-order valence-electron chi connectivity index (χ0n) is 21.1. The lowest BCUT2D eigenvalue weighted by Gasteiger charge is -2.12. The molecule has 1 aliphatic carbocycles. The van der Waals surface area contributed by atoms with E-state index in [1.807, 2.05) is 75.7 Å². The van der Waals surface area contributed by atoms with Crippen LogP contribution >= 0.6 is 11.6 Å². The van der Waals surface area contributed by atoms with E-state index in [0.717, 1.165) is 46.1 Å². The molecule has 5 aromatic heterocycles. The molecule has 1 aromatic carbocycles. The van der Waals surface area contributed by atoms with E-state index >= 15 is 0 Å². The normalized spacial score (nSPS) is 13.4. The first-order valence-electron chi connectivity index (χ1n) is 12.8. The number of para-hydroxylation sites is 1. The molecule has 0 spiro atoms. The van der Waals surface area contributed by atoms with Crippen molar-refractivity contribution in [2.75, 3.05) is 0 Å². The minimum atomic E-state index is -0.319. The molecule has 1 aliphatic rings. The quantitative estimate of drug-likeness (QED) is 0.302. The first-order valence-corrected chi connectivity index (χ1v) is 13.1. The van der Waals surface area contributed by atoms with Crippen molar-refractivity contribution in [1.29, 1.82) is 5.26 Å². The van der Waals surface area contributed by atoms with Crippen LogP contribution in [0.2, 0.25) is 5.02 Å². The number of pyridine rings is 1. The van der Waals surface area contributed by atoms with E-state index in [1.54, 1.807) is 17.0 Å². The van der Waals surface area contributed by atoms with Gasteiger partial charge >= 0.3 is 5.69 Å². The summed E-state index contributed by atoms with van der Waals surface area (Å²) in [4.78, 5) is 22.4. The lowest BCUT2D eigenvalue weighted by molar-refractivity contribution is 0.598. The van der Waals surface area contributed by atoms with Crippen LogP contribution in [0.4, 0.5) is 0 Å². The molecule has 1 saturated carbocycles. The number of rotatable bonds is 6. The molecular formula is C29H23ClN8O. The van der Waals surface area contributed by atoms with E-state index in [0.29, 0.717) is 41.1 Å². The Bertz CT molecular complexity index is 1990. The molecule has 0 atom stereocenters. The van der Waals surface area contributed by atoms with Gasteiger partial charge < -0.3 is 9.13 Å². The van der Waals surface area contributed by atoms with Crippen molar-refractivity contribution >= 4 is 33.5 Å². The van der Waals surface area contributed by atoms with E-state index in [9.17, 15) is 10.1 Å². The minimum Gasteiger partial charge on any atom is -0.348 e. The van der Waals surface area contributed by atoms with Gasteiger partial charge in [-0.3, -0.25) is 14.2 Å². The maximum atomic E-state index is 13.4. The van der Waals surface area contributed by atoms with Crippen LogP contribution in [0, 0.1) is 17.2 Å². The number of nitrogens with zero attached hydrogens (tertiary/aromatic N) is 8. The zero-order chi connectivity index (χ0) is 26.7. The highest BCUT2D eigenvalue weighted by Gasteiger charge is 2.28. The number of aryl methyl sites for hydroxylation is 1. The van der Waals surface area contributed by atoms with Gasteiger partial charge in [0.15, 0.2) is 11.5 Å². The molecular weight excluding hydrogens is 512 g/mol. The van der Waals surface area contributed by atoms with E-state index < -0.39 is 0 Å². The predicted octanol–water partition coefficient (Wildman–Crippen LogP) is 4.92. The second-order valence-corrected chi connectivity index (χ2v) is 10.4. The first kappa shape index (κ1) is 23.4. The van der Waals surface area contributed by atoms with Crippen molar-refractivity contribution in [2.45, 2.75) is 25.9 Å². The molecule has 0 radical (unpaired) electrons. The second-order valence-electron chi connectivity index (χ2n) is 10.0. The molecule has 1 fully saturated rings. The highest BCUT2D eigenvalue weighted by Crippen LogP contribution is 2.36. The SMILES string of the molecule is Cn1cc(C#N)cc1-c1c2c(-n3cccc3)nc(=O)n(CC3CC3)c2nn1Cc1ccnc2c(Cl)cccc12. The third-order valence-electron chi connectivity index (χ3n) is 7.34. The minimum absolute atomic E-state index is 0.319. The van der Waals surface area contributed by atoms with Crippen LogP contribution < -0.4 is 5.69 Å². The van der Waals surface area contributed by atoms with Crippen molar-refractivity contribution in [3.63, 3.8) is 0 Å². The Morgan fingerprint density at radius 2 is 1.97 bits per heavy atom. The van der Waals surface area contributed by atoms with Gasteiger partial charge in [0.05, 0.1) is 39.4 Å². The molecule has 10 heteroatoms. The van der Waals surface area contributed by atoms with Gasteiger partial charge in [0.2, 0.25) is 0 Å². The molecule has 39 heavy (non-hydrogen) atoms. The molecule has 0 bridgehead atoms. The van der Waals surface area contributed by atoms with Crippen molar-refractivity contribution in [1.82, 2.24) is 33.4 Å². The van der Waals surface area contributed by atoms with Gasteiger partial charge in [0, 0.05) is 43.8 Å². The maximum absolute atomic E-state index is 13.4. The Labute approximate surface area is 228 Å². The Kier molecular flexibility index (Phi) is 5.39. The third-order valence-corrected chi connectivity index (χ3v) is 7.65. The summed E-state index contributed by atoms with van der Waals surface area (Å²) in [6.07, 6.45) is 9.47. The van der Waals surface area contributed by atoms with Gasteiger partial charge in [-0.2, -0.15) is 15.3 Å². The summed E-state index contributed by atoms with van der Waals surface area (Å²) < 4.78 is 7.38. The lowest BCUT2D eigenvalue weighted by atomic mass is 10.1. The Morgan fingerprint density at radius 1 is 1.15 bits per heavy atom. The summed E-state index contributed by atoms with van der Waals surface area (Å²) in [6.45, 7) is 0.980. The van der Waals surface area contributed by atoms with Crippen LogP contribution in [0.25, 0.3) is 39.1 Å². The molecule has 7 rings (SSSR count). The summed E-state index contributed by atoms with van der Waals surface area (Å²) >= 11 is 6.47. The maximum Gasteiger partial charge on any atom is 0.351 e. The summed E-state index contributed by atoms with van der Waals surface area (Å²) in [5.41, 5.74) is 4.09. The summed E-state index contributed by atoms with van der Waals surface area (Å²) in [5.74, 6) is 0.959. The number of nitriles is 1. The average molecular weight is 535 g/mol. The van der Waals surface area contributed by atoms with Gasteiger partial charge in [0.25, 0.3) is 0 Å². The van der Waals surface area contributed by atoms with Crippen LogP contribution in [-0.2, 0) is 20.1 Å². The number of fused-ring (bicyclic) bond motifs is 2. The highest BCUT2D eigenvalue weighted by atomic mass is 35.5. The summed E-state index contributed by atoms with van der Waals surface area (Å²) in [5, 5.41) is 17.0. The Balaban J connectivity index is 1.56. The molecule has 0 amide bonds. The second kappa shape index (κ2) is 8.96. The average Bonchev–Trinajstić information content (AvgIpc) is 3.29. The van der Waals surface area contributed by atoms with Crippen LogP contribution in [0.3, 0.4) is 0 Å². The predicted molar refractivity (Wildman–Crippen MR) is 149 cm³/mol. The number of aromatic nitrogens is 7. The Hall–Kier alpha value is -4.68. The molecule has 0 N–H and O–H groups in total. The first-order chi connectivity index (χ1) is 19.0. The largest absolute Gasteiger partial charge is 0.351 e. The smallest absolute Gasteiger partial charge is 0.348 e. The van der Waals surface area contributed by atoms with Gasteiger partial charge in [-0.15, -0.1) is 0 Å². The molecule has 5 heterocycles. The molecule has 0 saturated heterocycles. The number of benzene rings is 1. The van der Waals surface area contributed by atoms with Crippen molar-refractivity contribution in [3.05, 3.63) is 93.9 Å². The van der Waals surface area contributed by atoms with Crippen molar-refractivity contribution < 1.29 is 0 Å². The molecule has 0 unspecified atom stereocenters. The van der Waals surface area contributed by atoms with Crippen LogP contribution in [0.15, 0.2) is 72.0 Å². The van der Waals surface area contributed by atoms with Crippen molar-refractivity contribution in [3.8, 4) is 23.3 Å². The van der Waals surface area contributed by atoms with Crippen LogP contribution in [0.1, 0.15) is 24.0 Å². The fraction of sp³-hybridized carbons (Fsp3) is 0.207. The topological polar surface area (TPSA) is 99.2 Å². The molecule has 9 nitrogen and oxygen atoms in total. The molecule has 6 aromatic rings. The van der Waals surface area contributed by atoms with E-state index in [1.165, 1.54) is 0 Å². The monoisotopic (exact) mass is 534 g/mol. The van der Waals surface area contributed by atoms with E-state index in [2.05, 4.69) is 16.0 Å². The van der Waals surface area contributed by atoms with E-state index in [-0.39, 0.29) is 5.69 Å². The van der Waals surface area contributed by atoms with Gasteiger partial charge in [-0.05, 0) is 54.7 Å². The number of halogens is 1. The fourth-order valence-electron chi connectivity index (χ4n) is 5.26. The molecule has 0 aliphatic heterocycles. The van der Waals surface area contributed by atoms with Gasteiger partial charge in [-0.1, -0.05) is 23.7 Å². The molecule has 192 valence electrons. The highest BCUT2D eigenvalue weighted by molar-refractivity contribution is 6.35.